The van der Waals surface area contributed by atoms with Gasteiger partial charge >= 0.3 is 0 Å². The fourth-order valence-corrected chi connectivity index (χ4v) is 5.21. The average Bonchev–Trinajstić information content (AvgIpc) is 3.08. The molecule has 5 nitrogen and oxygen atoms in total. The summed E-state index contributed by atoms with van der Waals surface area (Å²) in [5, 5.41) is 16.2. The molecule has 0 aliphatic heterocycles. The zero-order valence-corrected chi connectivity index (χ0v) is 21.9. The number of aromatic nitrogens is 2. The van der Waals surface area contributed by atoms with E-state index in [1.807, 2.05) is 0 Å². The van der Waals surface area contributed by atoms with Gasteiger partial charge in [-0.25, -0.2) is 0 Å². The van der Waals surface area contributed by atoms with Crippen LogP contribution in [-0.2, 0) is 4.79 Å². The van der Waals surface area contributed by atoms with Gasteiger partial charge in [0.15, 0.2) is 0 Å². The number of hydrogen-bond donors (Lipinski definition) is 2. The normalized spacial score (nSPS) is 15.1. The zero-order chi connectivity index (χ0) is 23.4. The van der Waals surface area contributed by atoms with E-state index in [9.17, 15) is 4.79 Å². The van der Waals surface area contributed by atoms with Crippen LogP contribution in [0.2, 0.25) is 0 Å². The smallest absolute Gasteiger partial charge is 0.226 e. The van der Waals surface area contributed by atoms with Gasteiger partial charge in [0.25, 0.3) is 0 Å². The van der Waals surface area contributed by atoms with Gasteiger partial charge < -0.3 is 10.6 Å². The molecule has 1 aliphatic rings. The van der Waals surface area contributed by atoms with Crippen molar-refractivity contribution in [2.45, 2.75) is 141 Å². The molecule has 1 heterocycles. The van der Waals surface area contributed by atoms with Crippen LogP contribution in [0.25, 0.3) is 0 Å². The highest BCUT2D eigenvalue weighted by molar-refractivity contribution is 7.19. The van der Waals surface area contributed by atoms with Crippen molar-refractivity contribution >= 4 is 27.5 Å². The summed E-state index contributed by atoms with van der Waals surface area (Å²) in [7, 11) is 0. The van der Waals surface area contributed by atoms with Crippen LogP contribution in [0.3, 0.4) is 0 Å². The molecule has 1 aliphatic carbocycles. The van der Waals surface area contributed by atoms with Crippen LogP contribution < -0.4 is 10.6 Å². The molecule has 6 heteroatoms. The Hall–Kier alpha value is -1.43. The maximum absolute atomic E-state index is 12.2. The van der Waals surface area contributed by atoms with Crippen molar-refractivity contribution in [2.75, 3.05) is 10.6 Å². The van der Waals surface area contributed by atoms with Crippen molar-refractivity contribution in [2.24, 2.45) is 0 Å². The molecule has 1 saturated carbocycles. The highest BCUT2D eigenvalue weighted by Gasteiger charge is 2.15. The summed E-state index contributed by atoms with van der Waals surface area (Å²) in [6.07, 6.45) is 29.5. The fourth-order valence-electron chi connectivity index (χ4n) is 4.47. The van der Waals surface area contributed by atoms with E-state index in [1.165, 1.54) is 120 Å². The minimum Gasteiger partial charge on any atom is -0.357 e. The monoisotopic (exact) mass is 476 g/mol. The average molecular weight is 477 g/mol. The highest BCUT2D eigenvalue weighted by Crippen LogP contribution is 2.25. The van der Waals surface area contributed by atoms with E-state index in [2.05, 4.69) is 39.9 Å². The molecule has 0 bridgehead atoms. The summed E-state index contributed by atoms with van der Waals surface area (Å²) in [6.45, 7) is 2.27. The number of carbonyl (C=O) groups is 1. The summed E-state index contributed by atoms with van der Waals surface area (Å²) >= 11 is 1.45. The Morgan fingerprint density at radius 1 is 0.818 bits per heavy atom. The standard InChI is InChI=1S/C27H48N4OS/c1-2-3-4-5-6-7-8-9-10-11-12-13-14-15-20-23-25(32)29-27-31-30-26(33-27)28-24-21-18-16-17-19-22-24/h9-10,24H,2-8,11-23H2,1H3,(H,28,30)(H,29,31,32)/b10-9+. The Labute approximate surface area is 206 Å². The Morgan fingerprint density at radius 3 is 2.06 bits per heavy atom. The first-order valence-corrected chi connectivity index (χ1v) is 14.6. The number of rotatable bonds is 18. The van der Waals surface area contributed by atoms with Crippen LogP contribution in [0.5, 0.6) is 0 Å². The van der Waals surface area contributed by atoms with Crippen molar-refractivity contribution in [1.29, 1.82) is 0 Å². The number of hydrogen-bond acceptors (Lipinski definition) is 5. The molecule has 0 unspecified atom stereocenters. The lowest BCUT2D eigenvalue weighted by Gasteiger charge is -2.14. The Kier molecular flexibility index (Phi) is 16.0. The molecule has 1 aromatic heterocycles. The van der Waals surface area contributed by atoms with E-state index >= 15 is 0 Å². The van der Waals surface area contributed by atoms with Crippen LogP contribution in [-0.4, -0.2) is 22.1 Å². The number of carbonyl (C=O) groups excluding carboxylic acids is 1. The van der Waals surface area contributed by atoms with Crippen molar-refractivity contribution < 1.29 is 4.79 Å². The molecule has 1 aromatic rings. The predicted octanol–water partition coefficient (Wildman–Crippen LogP) is 8.65. The molecular formula is C27H48N4OS. The number of amides is 1. The number of nitrogens with one attached hydrogen (secondary N) is 2. The topological polar surface area (TPSA) is 66.9 Å². The summed E-state index contributed by atoms with van der Waals surface area (Å²) in [5.41, 5.74) is 0. The van der Waals surface area contributed by atoms with E-state index in [0.717, 1.165) is 18.0 Å². The van der Waals surface area contributed by atoms with Crippen LogP contribution in [0, 0.1) is 0 Å². The third kappa shape index (κ3) is 14.4. The molecule has 0 spiro atoms. The van der Waals surface area contributed by atoms with Crippen LogP contribution in [0.4, 0.5) is 10.3 Å². The number of nitrogens with zero attached hydrogens (tertiary/aromatic N) is 2. The molecule has 1 amide bonds. The first-order valence-electron chi connectivity index (χ1n) is 13.8. The number of anilines is 2. The van der Waals surface area contributed by atoms with Crippen molar-refractivity contribution in [1.82, 2.24) is 10.2 Å². The maximum atomic E-state index is 12.2. The first kappa shape index (κ1) is 27.8. The minimum atomic E-state index is 0.0600. The lowest BCUT2D eigenvalue weighted by molar-refractivity contribution is -0.116. The fraction of sp³-hybridized carbons (Fsp3) is 0.815. The van der Waals surface area contributed by atoms with Gasteiger partial charge in [-0.1, -0.05) is 107 Å². The maximum Gasteiger partial charge on any atom is 0.226 e. The van der Waals surface area contributed by atoms with E-state index in [0.29, 0.717) is 17.6 Å². The van der Waals surface area contributed by atoms with E-state index in [1.54, 1.807) is 0 Å². The van der Waals surface area contributed by atoms with Gasteiger partial charge in [-0.05, 0) is 44.9 Å². The summed E-state index contributed by atoms with van der Waals surface area (Å²) in [6, 6.07) is 0.500. The largest absolute Gasteiger partial charge is 0.357 e. The highest BCUT2D eigenvalue weighted by atomic mass is 32.1. The quantitative estimate of drug-likeness (QED) is 0.126. The summed E-state index contributed by atoms with van der Waals surface area (Å²) in [4.78, 5) is 12.2. The molecule has 2 rings (SSSR count). The van der Waals surface area contributed by atoms with Crippen molar-refractivity contribution in [3.05, 3.63) is 12.2 Å². The Morgan fingerprint density at radius 2 is 1.39 bits per heavy atom. The van der Waals surface area contributed by atoms with Gasteiger partial charge in [0.05, 0.1) is 0 Å². The van der Waals surface area contributed by atoms with E-state index in [-0.39, 0.29) is 5.91 Å². The molecule has 0 atom stereocenters. The van der Waals surface area contributed by atoms with E-state index in [4.69, 9.17) is 0 Å². The molecule has 0 radical (unpaired) electrons. The Bertz CT molecular complexity index is 638. The molecule has 2 N–H and O–H groups in total. The SMILES string of the molecule is CCCCCCCC/C=C/CCCCCCCC(=O)Nc1nnc(NC2CCCCCC2)s1. The summed E-state index contributed by atoms with van der Waals surface area (Å²) < 4.78 is 0. The molecule has 0 aromatic carbocycles. The molecule has 188 valence electrons. The van der Waals surface area contributed by atoms with Crippen molar-refractivity contribution in [3.8, 4) is 0 Å². The second kappa shape index (κ2) is 18.9. The van der Waals surface area contributed by atoms with Crippen LogP contribution in [0.1, 0.15) is 135 Å². The predicted molar refractivity (Wildman–Crippen MR) is 143 cm³/mol. The van der Waals surface area contributed by atoms with Gasteiger partial charge in [-0.3, -0.25) is 4.79 Å². The second-order valence-electron chi connectivity index (χ2n) is 9.63. The molecular weight excluding hydrogens is 428 g/mol. The van der Waals surface area contributed by atoms with E-state index < -0.39 is 0 Å². The Balaban J connectivity index is 1.41. The second-order valence-corrected chi connectivity index (χ2v) is 10.6. The number of unbranched alkanes of at least 4 members (excludes halogenated alkanes) is 11. The third-order valence-corrected chi connectivity index (χ3v) is 7.29. The molecule has 0 saturated heterocycles. The van der Waals surface area contributed by atoms with Crippen LogP contribution >= 0.6 is 11.3 Å². The number of allylic oxidation sites excluding steroid dienone is 2. The first-order chi connectivity index (χ1) is 16.3. The minimum absolute atomic E-state index is 0.0600. The third-order valence-electron chi connectivity index (χ3n) is 6.52. The van der Waals surface area contributed by atoms with Gasteiger partial charge in [0.2, 0.25) is 16.2 Å². The van der Waals surface area contributed by atoms with Crippen LogP contribution in [0.15, 0.2) is 12.2 Å². The van der Waals surface area contributed by atoms with Gasteiger partial charge in [-0.15, -0.1) is 10.2 Å². The van der Waals surface area contributed by atoms with Crippen molar-refractivity contribution in [3.63, 3.8) is 0 Å². The lowest BCUT2D eigenvalue weighted by Crippen LogP contribution is -2.17. The van der Waals surface area contributed by atoms with Gasteiger partial charge in [0.1, 0.15) is 0 Å². The molecule has 33 heavy (non-hydrogen) atoms. The van der Waals surface area contributed by atoms with Gasteiger partial charge in [-0.2, -0.15) is 0 Å². The summed E-state index contributed by atoms with van der Waals surface area (Å²) in [5.74, 6) is 0.0600. The van der Waals surface area contributed by atoms with Gasteiger partial charge in [0, 0.05) is 12.5 Å². The molecule has 1 fully saturated rings. The zero-order valence-electron chi connectivity index (χ0n) is 21.1. The lowest BCUT2D eigenvalue weighted by atomic mass is 10.1.